The zero-order valence-electron chi connectivity index (χ0n) is 7.37. The lowest BCUT2D eigenvalue weighted by Crippen LogP contribution is -2.02. The number of nitrogens with zero attached hydrogens (tertiary/aromatic N) is 1. The fraction of sp³-hybridized carbons (Fsp3) is 0.111. The summed E-state index contributed by atoms with van der Waals surface area (Å²) in [7, 11) is 1.31. The van der Waals surface area contributed by atoms with Crippen LogP contribution in [0.4, 0.5) is 0 Å². The van der Waals surface area contributed by atoms with E-state index in [4.69, 9.17) is 11.6 Å². The van der Waals surface area contributed by atoms with E-state index in [2.05, 4.69) is 14.9 Å². The van der Waals surface area contributed by atoms with Crippen molar-refractivity contribution < 1.29 is 9.53 Å². The van der Waals surface area contributed by atoms with Gasteiger partial charge in [-0.15, -0.1) is 0 Å². The number of hydrogen-bond donors (Lipinski definition) is 1. The Morgan fingerprint density at radius 1 is 1.57 bits per heavy atom. The number of halogens is 1. The van der Waals surface area contributed by atoms with Crippen LogP contribution in [0.25, 0.3) is 10.9 Å². The number of benzene rings is 1. The topological polar surface area (TPSA) is 55.0 Å². The number of carbonyl (C=O) groups excluding carboxylic acids is 1. The molecule has 1 aromatic carbocycles. The van der Waals surface area contributed by atoms with Crippen LogP contribution >= 0.6 is 11.6 Å². The minimum absolute atomic E-state index is 0.216. The molecular formula is C9H7ClN2O2. The number of H-pyrrole nitrogens is 1. The van der Waals surface area contributed by atoms with Crippen molar-refractivity contribution in [3.63, 3.8) is 0 Å². The number of ether oxygens (including phenoxy) is 1. The minimum Gasteiger partial charge on any atom is -0.464 e. The molecular weight excluding hydrogens is 204 g/mol. The smallest absolute Gasteiger partial charge is 0.359 e. The molecule has 0 atom stereocenters. The third kappa shape index (κ3) is 1.24. The Morgan fingerprint density at radius 3 is 3.07 bits per heavy atom. The van der Waals surface area contributed by atoms with Gasteiger partial charge in [-0.3, -0.25) is 5.10 Å². The minimum atomic E-state index is -0.496. The molecule has 2 aromatic rings. The van der Waals surface area contributed by atoms with Crippen LogP contribution in [0.3, 0.4) is 0 Å². The van der Waals surface area contributed by atoms with Gasteiger partial charge >= 0.3 is 5.97 Å². The molecule has 0 fully saturated rings. The lowest BCUT2D eigenvalue weighted by molar-refractivity contribution is 0.0596. The number of rotatable bonds is 1. The molecule has 0 aliphatic heterocycles. The van der Waals surface area contributed by atoms with Crippen molar-refractivity contribution in [2.75, 3.05) is 7.11 Å². The van der Waals surface area contributed by atoms with Crippen molar-refractivity contribution in [2.24, 2.45) is 0 Å². The normalized spacial score (nSPS) is 10.4. The van der Waals surface area contributed by atoms with Crippen LogP contribution in [0.1, 0.15) is 10.5 Å². The SMILES string of the molecule is COC(=O)c1n[nH]c2cccc(Cl)c12. The maximum absolute atomic E-state index is 11.3. The first kappa shape index (κ1) is 9.02. The van der Waals surface area contributed by atoms with Crippen LogP contribution in [0, 0.1) is 0 Å². The molecule has 0 aliphatic carbocycles. The highest BCUT2D eigenvalue weighted by atomic mass is 35.5. The van der Waals surface area contributed by atoms with E-state index in [9.17, 15) is 4.79 Å². The Bertz CT molecular complexity index is 493. The summed E-state index contributed by atoms with van der Waals surface area (Å²) in [6, 6.07) is 5.27. The van der Waals surface area contributed by atoms with Crippen molar-refractivity contribution in [1.29, 1.82) is 0 Å². The molecule has 0 saturated heterocycles. The first-order chi connectivity index (χ1) is 6.74. The molecule has 0 amide bonds. The van der Waals surface area contributed by atoms with Gasteiger partial charge < -0.3 is 4.74 Å². The third-order valence-electron chi connectivity index (χ3n) is 1.92. The van der Waals surface area contributed by atoms with Crippen LogP contribution < -0.4 is 0 Å². The number of carbonyl (C=O) groups is 1. The first-order valence-electron chi connectivity index (χ1n) is 3.95. The van der Waals surface area contributed by atoms with E-state index in [1.165, 1.54) is 7.11 Å². The second kappa shape index (κ2) is 3.31. The summed E-state index contributed by atoms with van der Waals surface area (Å²) in [5, 5.41) is 7.63. The molecule has 1 aromatic heterocycles. The van der Waals surface area contributed by atoms with Crippen LogP contribution in [-0.4, -0.2) is 23.3 Å². The number of hydrogen-bond acceptors (Lipinski definition) is 3. The molecule has 4 nitrogen and oxygen atoms in total. The maximum atomic E-state index is 11.3. The van der Waals surface area contributed by atoms with E-state index >= 15 is 0 Å². The van der Waals surface area contributed by atoms with E-state index < -0.39 is 5.97 Å². The number of methoxy groups -OCH3 is 1. The molecule has 0 unspecified atom stereocenters. The summed E-state index contributed by atoms with van der Waals surface area (Å²) in [4.78, 5) is 11.3. The van der Waals surface area contributed by atoms with Gasteiger partial charge in [0.25, 0.3) is 0 Å². The van der Waals surface area contributed by atoms with Crippen molar-refractivity contribution in [2.45, 2.75) is 0 Å². The van der Waals surface area contributed by atoms with E-state index in [0.29, 0.717) is 10.4 Å². The fourth-order valence-corrected chi connectivity index (χ4v) is 1.54. The van der Waals surface area contributed by atoms with Gasteiger partial charge in [-0.1, -0.05) is 17.7 Å². The molecule has 0 aliphatic rings. The number of fused-ring (bicyclic) bond motifs is 1. The molecule has 1 N–H and O–H groups in total. The third-order valence-corrected chi connectivity index (χ3v) is 2.23. The summed E-state index contributed by atoms with van der Waals surface area (Å²) in [6.45, 7) is 0. The summed E-state index contributed by atoms with van der Waals surface area (Å²) < 4.78 is 4.58. The Labute approximate surface area is 84.8 Å². The molecule has 0 bridgehead atoms. The number of aromatic amines is 1. The average Bonchev–Trinajstić information content (AvgIpc) is 2.62. The summed E-state index contributed by atoms with van der Waals surface area (Å²) in [5.41, 5.74) is 0.936. The molecule has 0 spiro atoms. The van der Waals surface area contributed by atoms with Gasteiger partial charge in [0.2, 0.25) is 0 Å². The van der Waals surface area contributed by atoms with Gasteiger partial charge in [0.15, 0.2) is 5.69 Å². The predicted octanol–water partition coefficient (Wildman–Crippen LogP) is 2.00. The Hall–Kier alpha value is -1.55. The van der Waals surface area contributed by atoms with E-state index in [-0.39, 0.29) is 5.69 Å². The van der Waals surface area contributed by atoms with E-state index in [1.807, 2.05) is 0 Å². The van der Waals surface area contributed by atoms with Crippen LogP contribution in [0.15, 0.2) is 18.2 Å². The average molecular weight is 211 g/mol. The van der Waals surface area contributed by atoms with Gasteiger partial charge in [-0.2, -0.15) is 5.10 Å². The van der Waals surface area contributed by atoms with Gasteiger partial charge in [0.05, 0.1) is 23.0 Å². The lowest BCUT2D eigenvalue weighted by atomic mass is 10.2. The van der Waals surface area contributed by atoms with Gasteiger partial charge in [0, 0.05) is 0 Å². The second-order valence-electron chi connectivity index (χ2n) is 2.73. The molecule has 1 heterocycles. The second-order valence-corrected chi connectivity index (χ2v) is 3.13. The van der Waals surface area contributed by atoms with Gasteiger partial charge in [-0.25, -0.2) is 4.79 Å². The first-order valence-corrected chi connectivity index (χ1v) is 4.32. The van der Waals surface area contributed by atoms with Crippen LogP contribution in [0.2, 0.25) is 5.02 Å². The van der Waals surface area contributed by atoms with Crippen molar-refractivity contribution in [1.82, 2.24) is 10.2 Å². The quantitative estimate of drug-likeness (QED) is 0.733. The van der Waals surface area contributed by atoms with E-state index in [0.717, 1.165) is 5.52 Å². The highest BCUT2D eigenvalue weighted by molar-refractivity contribution is 6.36. The molecule has 2 rings (SSSR count). The fourth-order valence-electron chi connectivity index (χ4n) is 1.27. The van der Waals surface area contributed by atoms with Gasteiger partial charge in [-0.05, 0) is 12.1 Å². The Kier molecular flexibility index (Phi) is 2.13. The molecule has 0 saturated carbocycles. The largest absolute Gasteiger partial charge is 0.464 e. The van der Waals surface area contributed by atoms with Crippen molar-refractivity contribution in [3.8, 4) is 0 Å². The number of aromatic nitrogens is 2. The van der Waals surface area contributed by atoms with Crippen LogP contribution in [-0.2, 0) is 4.74 Å². The van der Waals surface area contributed by atoms with Crippen molar-refractivity contribution in [3.05, 3.63) is 28.9 Å². The lowest BCUT2D eigenvalue weighted by Gasteiger charge is -1.96. The molecule has 14 heavy (non-hydrogen) atoms. The Balaban J connectivity index is 2.73. The van der Waals surface area contributed by atoms with Crippen molar-refractivity contribution >= 4 is 28.5 Å². The maximum Gasteiger partial charge on any atom is 0.359 e. The summed E-state index contributed by atoms with van der Waals surface area (Å²) >= 11 is 5.94. The zero-order valence-corrected chi connectivity index (χ0v) is 8.13. The standard InChI is InChI=1S/C9H7ClN2O2/c1-14-9(13)8-7-5(10)3-2-4-6(7)11-12-8/h2-4H,1H3,(H,11,12). The molecule has 0 radical (unpaired) electrons. The summed E-state index contributed by atoms with van der Waals surface area (Å²) in [6.07, 6.45) is 0. The highest BCUT2D eigenvalue weighted by Crippen LogP contribution is 2.24. The highest BCUT2D eigenvalue weighted by Gasteiger charge is 2.16. The predicted molar refractivity (Wildman–Crippen MR) is 52.4 cm³/mol. The van der Waals surface area contributed by atoms with Gasteiger partial charge in [0.1, 0.15) is 0 Å². The van der Waals surface area contributed by atoms with Crippen LogP contribution in [0.5, 0.6) is 0 Å². The Morgan fingerprint density at radius 2 is 2.36 bits per heavy atom. The molecule has 72 valence electrons. The monoisotopic (exact) mass is 210 g/mol. The molecule has 5 heteroatoms. The zero-order chi connectivity index (χ0) is 10.1. The number of nitrogens with one attached hydrogen (secondary N) is 1. The summed E-state index contributed by atoms with van der Waals surface area (Å²) in [5.74, 6) is -0.496. The number of esters is 1. The van der Waals surface area contributed by atoms with E-state index in [1.54, 1.807) is 18.2 Å².